The van der Waals surface area contributed by atoms with Crippen LogP contribution in [0.25, 0.3) is 32.3 Å². The SMILES string of the molecule is O=[13C]1[13CH2]c2c3ccc4ccccc4c3cc3cccc1c23. The zero-order chi connectivity index (χ0) is 14.0. The van der Waals surface area contributed by atoms with Crippen LogP contribution in [0, 0.1) is 0 Å². The molecular weight excluding hydrogens is 258 g/mol. The summed E-state index contributed by atoms with van der Waals surface area (Å²) < 4.78 is 0. The molecule has 0 saturated carbocycles. The molecule has 0 fully saturated rings. The molecule has 0 saturated heterocycles. The Labute approximate surface area is 121 Å². The van der Waals surface area contributed by atoms with Gasteiger partial charge in [-0.05, 0) is 43.9 Å². The van der Waals surface area contributed by atoms with Crippen molar-refractivity contribution < 1.29 is 4.79 Å². The zero-order valence-corrected chi connectivity index (χ0v) is 11.4. The van der Waals surface area contributed by atoms with Crippen molar-refractivity contribution in [2.45, 2.75) is 6.42 Å². The van der Waals surface area contributed by atoms with Crippen LogP contribution in [-0.2, 0) is 6.42 Å². The lowest BCUT2D eigenvalue weighted by Crippen LogP contribution is -1.93. The highest BCUT2D eigenvalue weighted by molar-refractivity contribution is 6.23. The first-order chi connectivity index (χ1) is 10.3. The molecule has 0 N–H and O–H groups in total. The first-order valence-corrected chi connectivity index (χ1v) is 7.22. The minimum Gasteiger partial charge on any atom is -0.294 e. The summed E-state index contributed by atoms with van der Waals surface area (Å²) in [6.07, 6.45) is 0.533. The molecule has 98 valence electrons. The molecule has 4 aromatic carbocycles. The first-order valence-electron chi connectivity index (χ1n) is 7.22. The summed E-state index contributed by atoms with van der Waals surface area (Å²) >= 11 is 0. The van der Waals surface area contributed by atoms with E-state index in [-0.39, 0.29) is 5.78 Å². The van der Waals surface area contributed by atoms with Crippen LogP contribution in [0.15, 0.2) is 60.7 Å². The summed E-state index contributed by atoms with van der Waals surface area (Å²) in [5.74, 6) is 0.247. The van der Waals surface area contributed by atoms with Gasteiger partial charge in [-0.25, -0.2) is 0 Å². The molecule has 1 nitrogen and oxygen atoms in total. The molecule has 4 aromatic rings. The number of carbonyl (C=O) groups is 1. The Hall–Kier alpha value is -2.67. The summed E-state index contributed by atoms with van der Waals surface area (Å²) in [5.41, 5.74) is 2.09. The summed E-state index contributed by atoms with van der Waals surface area (Å²) in [6, 6.07) is 21.1. The van der Waals surface area contributed by atoms with E-state index in [4.69, 9.17) is 0 Å². The van der Waals surface area contributed by atoms with Crippen LogP contribution in [0.4, 0.5) is 0 Å². The van der Waals surface area contributed by atoms with Crippen LogP contribution in [0.1, 0.15) is 15.9 Å². The zero-order valence-electron chi connectivity index (χ0n) is 11.4. The van der Waals surface area contributed by atoms with Gasteiger partial charge in [0.15, 0.2) is 5.78 Å². The molecule has 0 bridgehead atoms. The van der Waals surface area contributed by atoms with E-state index in [1.165, 1.54) is 32.5 Å². The minimum absolute atomic E-state index is 0.247. The van der Waals surface area contributed by atoms with Crippen molar-refractivity contribution >= 4 is 38.1 Å². The van der Waals surface area contributed by atoms with Crippen molar-refractivity contribution in [1.82, 2.24) is 0 Å². The van der Waals surface area contributed by atoms with Gasteiger partial charge in [-0.3, -0.25) is 4.79 Å². The lowest BCUT2D eigenvalue weighted by Gasteiger charge is -2.09. The van der Waals surface area contributed by atoms with Gasteiger partial charge in [-0.2, -0.15) is 0 Å². The number of ketones is 1. The fourth-order valence-corrected chi connectivity index (χ4v) is 3.70. The topological polar surface area (TPSA) is 17.1 Å². The maximum absolute atomic E-state index is 12.3. The van der Waals surface area contributed by atoms with Gasteiger partial charge in [-0.15, -0.1) is 0 Å². The summed E-state index contributed by atoms with van der Waals surface area (Å²) in [5, 5.41) is 7.32. The Bertz CT molecular complexity index is 1070. The third kappa shape index (κ3) is 1.33. The number of Topliss-reactive ketones (excluding diaryl/α,β-unsaturated/α-hetero) is 1. The third-order valence-electron chi connectivity index (χ3n) is 4.63. The highest BCUT2D eigenvalue weighted by Gasteiger charge is 2.24. The predicted octanol–water partition coefficient (Wildman–Crippen LogP) is 4.89. The van der Waals surface area contributed by atoms with Crippen molar-refractivity contribution in [1.29, 1.82) is 0 Å². The van der Waals surface area contributed by atoms with Crippen molar-refractivity contribution in [2.75, 3.05) is 0 Å². The van der Waals surface area contributed by atoms with Crippen molar-refractivity contribution in [2.24, 2.45) is 0 Å². The number of hydrogen-bond donors (Lipinski definition) is 0. The maximum Gasteiger partial charge on any atom is 0.167 e. The standard InChI is InChI=1S/C20H12O/c21-19-11-18-15-9-8-12-4-1-2-6-14(12)17(15)10-13-5-3-7-16(19)20(13)18/h1-10H,11H2/i11+1,19+1. The molecular formula is C20H12O. The monoisotopic (exact) mass is 270 g/mol. The molecule has 0 heterocycles. The van der Waals surface area contributed by atoms with Gasteiger partial charge in [0.1, 0.15) is 0 Å². The van der Waals surface area contributed by atoms with Gasteiger partial charge in [0.25, 0.3) is 0 Å². The summed E-state index contributed by atoms with van der Waals surface area (Å²) in [7, 11) is 0. The molecule has 0 aliphatic heterocycles. The van der Waals surface area contributed by atoms with Crippen molar-refractivity contribution in [3.8, 4) is 0 Å². The van der Waals surface area contributed by atoms with Gasteiger partial charge in [0, 0.05) is 12.0 Å². The van der Waals surface area contributed by atoms with Crippen LogP contribution in [0.2, 0.25) is 0 Å². The Morgan fingerprint density at radius 2 is 1.57 bits per heavy atom. The maximum atomic E-state index is 12.3. The van der Waals surface area contributed by atoms with Gasteiger partial charge in [0.05, 0.1) is 0 Å². The second kappa shape index (κ2) is 3.70. The molecule has 0 unspecified atom stereocenters. The Kier molecular flexibility index (Phi) is 1.95. The summed E-state index contributed by atoms with van der Waals surface area (Å²) in [6.45, 7) is 0. The molecule has 0 aromatic heterocycles. The van der Waals surface area contributed by atoms with Crippen LogP contribution in [0.5, 0.6) is 0 Å². The van der Waals surface area contributed by atoms with E-state index in [0.717, 1.165) is 10.9 Å². The van der Waals surface area contributed by atoms with Gasteiger partial charge in [0.2, 0.25) is 0 Å². The third-order valence-corrected chi connectivity index (χ3v) is 4.63. The Balaban J connectivity index is 2.10. The highest BCUT2D eigenvalue weighted by atomic mass is 16.2. The van der Waals surface area contributed by atoms with E-state index < -0.39 is 0 Å². The first kappa shape index (κ1) is 11.0. The second-order valence-electron chi connectivity index (χ2n) is 5.74. The molecule has 1 heteroatoms. The second-order valence-corrected chi connectivity index (χ2v) is 5.74. The lowest BCUT2D eigenvalue weighted by molar-refractivity contribution is 0.1000. The molecule has 0 spiro atoms. The van der Waals surface area contributed by atoms with Crippen LogP contribution in [-0.4, -0.2) is 5.78 Å². The molecule has 0 atom stereocenters. The number of carbonyl (C=O) groups excluding carboxylic acids is 1. The molecule has 1 aliphatic rings. The number of fused-ring (bicyclic) bond motifs is 4. The van der Waals surface area contributed by atoms with Crippen molar-refractivity contribution in [3.63, 3.8) is 0 Å². The van der Waals surface area contributed by atoms with Gasteiger partial charge < -0.3 is 0 Å². The number of rotatable bonds is 0. The van der Waals surface area contributed by atoms with Crippen LogP contribution < -0.4 is 0 Å². The summed E-state index contributed by atoms with van der Waals surface area (Å²) in [4.78, 5) is 12.3. The fourth-order valence-electron chi connectivity index (χ4n) is 3.70. The Morgan fingerprint density at radius 1 is 0.714 bits per heavy atom. The van der Waals surface area contributed by atoms with Gasteiger partial charge in [-0.1, -0.05) is 54.6 Å². The minimum atomic E-state index is 0.247. The van der Waals surface area contributed by atoms with E-state index in [0.29, 0.717) is 6.42 Å². The highest BCUT2D eigenvalue weighted by Crippen LogP contribution is 2.38. The smallest absolute Gasteiger partial charge is 0.167 e. The lowest BCUT2D eigenvalue weighted by atomic mass is 9.96. The molecule has 21 heavy (non-hydrogen) atoms. The fraction of sp³-hybridized carbons (Fsp3) is 0.0500. The van der Waals surface area contributed by atoms with Crippen LogP contribution >= 0.6 is 0 Å². The van der Waals surface area contributed by atoms with Crippen LogP contribution in [0.3, 0.4) is 0 Å². The average Bonchev–Trinajstić information content (AvgIpc) is 2.86. The number of benzene rings is 4. The van der Waals surface area contributed by atoms with E-state index in [1.807, 2.05) is 12.1 Å². The largest absolute Gasteiger partial charge is 0.294 e. The van der Waals surface area contributed by atoms with E-state index >= 15 is 0 Å². The van der Waals surface area contributed by atoms with Gasteiger partial charge >= 0.3 is 0 Å². The molecule has 0 amide bonds. The molecule has 5 rings (SSSR count). The number of hydrogen-bond acceptors (Lipinski definition) is 1. The average molecular weight is 270 g/mol. The van der Waals surface area contributed by atoms with E-state index in [9.17, 15) is 4.79 Å². The normalized spacial score (nSPS) is 13.6. The quantitative estimate of drug-likeness (QED) is 0.253. The predicted molar refractivity (Wildman–Crippen MR) is 87.0 cm³/mol. The Morgan fingerprint density at radius 3 is 2.52 bits per heavy atom. The molecule has 1 aliphatic carbocycles. The molecule has 0 radical (unpaired) electrons. The van der Waals surface area contributed by atoms with Crippen molar-refractivity contribution in [3.05, 3.63) is 71.8 Å². The van der Waals surface area contributed by atoms with E-state index in [1.54, 1.807) is 0 Å². The van der Waals surface area contributed by atoms with E-state index in [2.05, 4.69) is 48.5 Å².